The second kappa shape index (κ2) is 32.1. The number of benzene rings is 4. The van der Waals surface area contributed by atoms with Crippen LogP contribution >= 0.6 is 23.2 Å². The number of rotatable bonds is 36. The highest BCUT2D eigenvalue weighted by molar-refractivity contribution is 6.33. The van der Waals surface area contributed by atoms with Crippen molar-refractivity contribution in [3.8, 4) is 34.5 Å². The van der Waals surface area contributed by atoms with E-state index in [1.165, 1.54) is 116 Å². The molecule has 0 radical (unpaired) electrons. The average Bonchev–Trinajstić information content (AvgIpc) is 3.30. The third-order valence-corrected chi connectivity index (χ3v) is 12.2. The molecule has 0 saturated heterocycles. The molecule has 0 saturated carbocycles. The molecule has 0 unspecified atom stereocenters. The molecule has 4 aromatic rings. The Kier molecular flexibility index (Phi) is 26.5. The molecule has 0 aliphatic carbocycles. The van der Waals surface area contributed by atoms with Crippen LogP contribution in [0, 0.1) is 0 Å². The van der Waals surface area contributed by atoms with Crippen molar-refractivity contribution < 1.29 is 33.2 Å². The SMILES string of the molecule is CCCCCCCCCCCCOc1ccc(Cc2c(Oc3ccc(OCOC)c(Cl)c3Cc3ccc(OCCCCCCCCCCCC)cc3)ccc(OCOC)c2Cl)cc1. The molecule has 7 nitrogen and oxygen atoms in total. The summed E-state index contributed by atoms with van der Waals surface area (Å²) in [5.74, 6) is 3.91. The van der Waals surface area contributed by atoms with Crippen molar-refractivity contribution in [2.75, 3.05) is 41.0 Å². The largest absolute Gasteiger partial charge is 0.494 e. The number of unbranched alkanes of at least 4 members (excludes halogenated alkanes) is 18. The summed E-state index contributed by atoms with van der Waals surface area (Å²) in [6, 6.07) is 23.8. The highest BCUT2D eigenvalue weighted by Crippen LogP contribution is 2.43. The molecule has 0 heterocycles. The third-order valence-electron chi connectivity index (χ3n) is 11.4. The Morgan fingerprint density at radius 3 is 1.02 bits per heavy atom. The zero-order valence-corrected chi connectivity index (χ0v) is 40.4. The van der Waals surface area contributed by atoms with E-state index in [4.69, 9.17) is 56.4 Å². The smallest absolute Gasteiger partial charge is 0.188 e. The molecule has 4 rings (SSSR count). The predicted octanol–water partition coefficient (Wildman–Crippen LogP) is 16.5. The Morgan fingerprint density at radius 1 is 0.365 bits per heavy atom. The molecular formula is C54H76Cl2O7. The first kappa shape index (κ1) is 52.0. The Labute approximate surface area is 390 Å². The molecule has 63 heavy (non-hydrogen) atoms. The predicted molar refractivity (Wildman–Crippen MR) is 261 cm³/mol. The van der Waals surface area contributed by atoms with E-state index in [1.54, 1.807) is 26.4 Å². The third kappa shape index (κ3) is 20.0. The molecule has 0 N–H and O–H groups in total. The van der Waals surface area contributed by atoms with Crippen LogP contribution < -0.4 is 23.7 Å². The number of hydrogen-bond donors (Lipinski definition) is 0. The van der Waals surface area contributed by atoms with Crippen LogP contribution in [0.3, 0.4) is 0 Å². The first-order valence-electron chi connectivity index (χ1n) is 23.9. The lowest BCUT2D eigenvalue weighted by molar-refractivity contribution is 0.0510. The van der Waals surface area contributed by atoms with Gasteiger partial charge in [0.1, 0.15) is 34.5 Å². The summed E-state index contributed by atoms with van der Waals surface area (Å²) in [6.07, 6.45) is 27.0. The van der Waals surface area contributed by atoms with Crippen molar-refractivity contribution in [2.45, 2.75) is 155 Å². The maximum Gasteiger partial charge on any atom is 0.188 e. The molecule has 0 aliphatic rings. The van der Waals surface area contributed by atoms with E-state index < -0.39 is 0 Å². The molecular weight excluding hydrogens is 831 g/mol. The lowest BCUT2D eigenvalue weighted by atomic mass is 10.0. The van der Waals surface area contributed by atoms with Gasteiger partial charge >= 0.3 is 0 Å². The minimum Gasteiger partial charge on any atom is -0.494 e. The van der Waals surface area contributed by atoms with Gasteiger partial charge in [0.2, 0.25) is 0 Å². The van der Waals surface area contributed by atoms with Gasteiger partial charge in [-0.2, -0.15) is 0 Å². The summed E-state index contributed by atoms with van der Waals surface area (Å²) >= 11 is 14.2. The van der Waals surface area contributed by atoms with Gasteiger partial charge in [-0.3, -0.25) is 0 Å². The van der Waals surface area contributed by atoms with Crippen molar-refractivity contribution in [1.29, 1.82) is 0 Å². The Balaban J connectivity index is 1.40. The summed E-state index contributed by atoms with van der Waals surface area (Å²) in [4.78, 5) is 0. The fourth-order valence-electron chi connectivity index (χ4n) is 7.65. The maximum atomic E-state index is 7.09. The highest BCUT2D eigenvalue weighted by atomic mass is 35.5. The van der Waals surface area contributed by atoms with Crippen molar-refractivity contribution in [2.24, 2.45) is 0 Å². The van der Waals surface area contributed by atoms with Crippen LogP contribution in [-0.2, 0) is 22.3 Å². The molecule has 0 atom stereocenters. The zero-order valence-electron chi connectivity index (χ0n) is 38.9. The molecule has 0 aromatic heterocycles. The average molecular weight is 908 g/mol. The normalized spacial score (nSPS) is 11.2. The topological polar surface area (TPSA) is 64.6 Å². The Morgan fingerprint density at radius 2 is 0.683 bits per heavy atom. The van der Waals surface area contributed by atoms with Gasteiger partial charge < -0.3 is 33.2 Å². The van der Waals surface area contributed by atoms with Crippen LogP contribution in [0.5, 0.6) is 34.5 Å². The van der Waals surface area contributed by atoms with E-state index in [0.717, 1.165) is 59.8 Å². The summed E-state index contributed by atoms with van der Waals surface area (Å²) in [6.45, 7) is 6.11. The van der Waals surface area contributed by atoms with Gasteiger partial charge in [-0.05, 0) is 72.5 Å². The monoisotopic (exact) mass is 906 g/mol. The van der Waals surface area contributed by atoms with Crippen molar-refractivity contribution in [3.05, 3.63) is 105 Å². The fourth-order valence-corrected chi connectivity index (χ4v) is 8.20. The zero-order chi connectivity index (χ0) is 44.7. The van der Waals surface area contributed by atoms with E-state index in [-0.39, 0.29) is 13.6 Å². The van der Waals surface area contributed by atoms with Gasteiger partial charge in [-0.1, -0.05) is 177 Å². The lowest BCUT2D eigenvalue weighted by Gasteiger charge is -2.20. The number of halogens is 2. The van der Waals surface area contributed by atoms with Crippen LogP contribution in [0.2, 0.25) is 10.0 Å². The van der Waals surface area contributed by atoms with Crippen molar-refractivity contribution >= 4 is 23.2 Å². The highest BCUT2D eigenvalue weighted by Gasteiger charge is 2.20. The minimum atomic E-state index is 0.0658. The first-order chi connectivity index (χ1) is 31.0. The first-order valence-corrected chi connectivity index (χ1v) is 24.7. The quantitative estimate of drug-likeness (QED) is 0.0333. The van der Waals surface area contributed by atoms with Crippen molar-refractivity contribution in [3.63, 3.8) is 0 Å². The Bertz CT molecular complexity index is 1670. The molecule has 0 fully saturated rings. The van der Waals surface area contributed by atoms with Crippen LogP contribution in [0.1, 0.15) is 165 Å². The van der Waals surface area contributed by atoms with E-state index >= 15 is 0 Å². The summed E-state index contributed by atoms with van der Waals surface area (Å²) in [5, 5.41) is 0.902. The molecule has 0 spiro atoms. The van der Waals surface area contributed by atoms with Crippen LogP contribution in [0.25, 0.3) is 0 Å². The second-order valence-corrected chi connectivity index (χ2v) is 17.4. The summed E-state index contributed by atoms with van der Waals surface area (Å²) < 4.78 is 41.1. The standard InChI is InChI=1S/C54H76Cl2O7/c1-5-7-9-11-13-15-17-19-21-23-37-59-45-29-25-43(26-30-45)39-47-49(33-35-51(53(47)55)61-41-57-3)63-50-34-36-52(62-42-58-4)54(56)48(50)40-44-27-31-46(32-28-44)60-38-24-22-20-18-16-14-12-10-8-6-2/h25-36H,5-24,37-42H2,1-4H3. The number of ether oxygens (including phenoxy) is 7. The van der Waals surface area contributed by atoms with E-state index in [1.807, 2.05) is 36.4 Å². The molecule has 0 aliphatic heterocycles. The summed E-state index contributed by atoms with van der Waals surface area (Å²) in [7, 11) is 3.16. The van der Waals surface area contributed by atoms with Crippen LogP contribution in [0.15, 0.2) is 72.8 Å². The van der Waals surface area contributed by atoms with Crippen LogP contribution in [0.4, 0.5) is 0 Å². The lowest BCUT2D eigenvalue weighted by Crippen LogP contribution is -2.04. The number of hydrogen-bond acceptors (Lipinski definition) is 7. The van der Waals surface area contributed by atoms with Gasteiger partial charge in [-0.15, -0.1) is 0 Å². The Hall–Kier alpha value is -3.62. The molecule has 0 amide bonds. The van der Waals surface area contributed by atoms with Crippen LogP contribution in [-0.4, -0.2) is 41.0 Å². The molecule has 9 heteroatoms. The molecule has 4 aromatic carbocycles. The van der Waals surface area contributed by atoms with E-state index in [2.05, 4.69) is 38.1 Å². The van der Waals surface area contributed by atoms with Gasteiger partial charge in [-0.25, -0.2) is 0 Å². The molecule has 0 bridgehead atoms. The molecule has 348 valence electrons. The number of methoxy groups -OCH3 is 2. The van der Waals surface area contributed by atoms with Gasteiger partial charge in [0.05, 0.1) is 23.3 Å². The summed E-state index contributed by atoms with van der Waals surface area (Å²) in [5.41, 5.74) is 3.65. The van der Waals surface area contributed by atoms with E-state index in [0.29, 0.717) is 45.9 Å². The maximum absolute atomic E-state index is 7.09. The van der Waals surface area contributed by atoms with Gasteiger partial charge in [0.15, 0.2) is 13.6 Å². The van der Waals surface area contributed by atoms with Gasteiger partial charge in [0, 0.05) is 38.2 Å². The second-order valence-electron chi connectivity index (χ2n) is 16.6. The van der Waals surface area contributed by atoms with Gasteiger partial charge in [0.25, 0.3) is 0 Å². The minimum absolute atomic E-state index is 0.0658. The van der Waals surface area contributed by atoms with E-state index in [9.17, 15) is 0 Å². The van der Waals surface area contributed by atoms with Crippen molar-refractivity contribution in [1.82, 2.24) is 0 Å². The fraction of sp³-hybridized carbons (Fsp3) is 0.556.